The van der Waals surface area contributed by atoms with Crippen LogP contribution in [0.15, 0.2) is 105 Å². The molecule has 0 saturated heterocycles. The summed E-state index contributed by atoms with van der Waals surface area (Å²) < 4.78 is 13.1. The van der Waals surface area contributed by atoms with Crippen LogP contribution in [0.3, 0.4) is 0 Å². The Hall–Kier alpha value is -4.47. The Kier molecular flexibility index (Phi) is 8.23. The smallest absolute Gasteiger partial charge is 0.282 e. The minimum absolute atomic E-state index is 0.239. The number of ether oxygens (including phenoxy) is 2. The zero-order valence-electron chi connectivity index (χ0n) is 21.2. The third-order valence-electron chi connectivity index (χ3n) is 5.87. The number of hydrogen-bond acceptors (Lipinski definition) is 6. The summed E-state index contributed by atoms with van der Waals surface area (Å²) in [5.74, 6) is 0.807. The summed E-state index contributed by atoms with van der Waals surface area (Å²) in [6.07, 6.45) is 1.54. The number of para-hydroxylation sites is 1. The molecule has 40 heavy (non-hydrogen) atoms. The van der Waals surface area contributed by atoms with Gasteiger partial charge in [-0.25, -0.2) is 4.98 Å². The Bertz CT molecular complexity index is 1770. The molecule has 0 aliphatic rings. The number of nitrogens with zero attached hydrogens (tertiary/aromatic N) is 3. The molecule has 1 amide bonds. The summed E-state index contributed by atoms with van der Waals surface area (Å²) >= 11 is 9.42. The SMILES string of the molecule is COc1cc(C=Nn2c(-c3ccccc3)nc3ccccc3c2=O)c(Br)cc1OCC(=O)Nc1ccc(Cl)cc1. The molecule has 1 N–H and O–H groups in total. The monoisotopic (exact) mass is 616 g/mol. The van der Waals surface area contributed by atoms with Crippen molar-refractivity contribution in [2.45, 2.75) is 0 Å². The second-order valence-corrected chi connectivity index (χ2v) is 9.84. The summed E-state index contributed by atoms with van der Waals surface area (Å²) in [6, 6.07) is 26.7. The first kappa shape index (κ1) is 27.1. The Morgan fingerprint density at radius 2 is 1.75 bits per heavy atom. The molecule has 5 aromatic rings. The summed E-state index contributed by atoms with van der Waals surface area (Å²) in [5, 5.41) is 8.29. The van der Waals surface area contributed by atoms with E-state index in [4.69, 9.17) is 26.1 Å². The summed E-state index contributed by atoms with van der Waals surface area (Å²) in [5.41, 5.74) is 2.26. The number of nitrogens with one attached hydrogen (secondary N) is 1. The highest BCUT2D eigenvalue weighted by Gasteiger charge is 2.14. The van der Waals surface area contributed by atoms with Crippen LogP contribution in [-0.2, 0) is 4.79 Å². The first-order valence-corrected chi connectivity index (χ1v) is 13.3. The highest BCUT2D eigenvalue weighted by atomic mass is 79.9. The van der Waals surface area contributed by atoms with Gasteiger partial charge in [0.15, 0.2) is 23.9 Å². The van der Waals surface area contributed by atoms with Gasteiger partial charge in [-0.2, -0.15) is 9.78 Å². The number of halogens is 2. The largest absolute Gasteiger partial charge is 0.493 e. The van der Waals surface area contributed by atoms with E-state index in [-0.39, 0.29) is 18.1 Å². The van der Waals surface area contributed by atoms with Gasteiger partial charge in [-0.05, 0) is 64.5 Å². The normalized spacial score (nSPS) is 11.1. The number of carbonyl (C=O) groups excluding carboxylic acids is 1. The van der Waals surface area contributed by atoms with Crippen LogP contribution in [0.25, 0.3) is 22.3 Å². The van der Waals surface area contributed by atoms with Gasteiger partial charge in [-0.15, -0.1) is 0 Å². The lowest BCUT2D eigenvalue weighted by atomic mass is 10.2. The molecular formula is C30H22BrClN4O4. The average molecular weight is 618 g/mol. The fourth-order valence-electron chi connectivity index (χ4n) is 3.92. The van der Waals surface area contributed by atoms with Crippen molar-refractivity contribution in [3.8, 4) is 22.9 Å². The molecular weight excluding hydrogens is 596 g/mol. The number of fused-ring (bicyclic) bond motifs is 1. The number of rotatable bonds is 8. The second-order valence-electron chi connectivity index (χ2n) is 8.55. The molecule has 0 aliphatic carbocycles. The van der Waals surface area contributed by atoms with Gasteiger partial charge in [0.25, 0.3) is 11.5 Å². The molecule has 1 aromatic heterocycles. The molecule has 200 valence electrons. The molecule has 10 heteroatoms. The first-order chi connectivity index (χ1) is 19.4. The van der Waals surface area contributed by atoms with Gasteiger partial charge in [-0.1, -0.05) is 54.1 Å². The van der Waals surface area contributed by atoms with E-state index in [0.29, 0.717) is 49.0 Å². The molecule has 0 saturated carbocycles. The van der Waals surface area contributed by atoms with Crippen molar-refractivity contribution >= 4 is 56.2 Å². The highest BCUT2D eigenvalue weighted by Crippen LogP contribution is 2.33. The van der Waals surface area contributed by atoms with Crippen LogP contribution in [0, 0.1) is 0 Å². The molecule has 0 spiro atoms. The van der Waals surface area contributed by atoms with Crippen molar-refractivity contribution < 1.29 is 14.3 Å². The molecule has 5 rings (SSSR count). The molecule has 0 radical (unpaired) electrons. The van der Waals surface area contributed by atoms with E-state index in [1.54, 1.807) is 54.6 Å². The van der Waals surface area contributed by atoms with Crippen molar-refractivity contribution in [1.29, 1.82) is 0 Å². The standard InChI is InChI=1S/C30H22BrClN4O4/c1-39-26-15-20(24(31)16-27(26)40-18-28(37)34-22-13-11-21(32)12-14-22)17-33-36-29(19-7-3-2-4-8-19)35-25-10-6-5-9-23(25)30(36)38/h2-17H,18H2,1H3,(H,34,37). The minimum atomic E-state index is -0.345. The van der Waals surface area contributed by atoms with E-state index in [0.717, 1.165) is 5.56 Å². The molecule has 0 unspecified atom stereocenters. The lowest BCUT2D eigenvalue weighted by Crippen LogP contribution is -2.20. The number of amides is 1. The molecule has 4 aromatic carbocycles. The van der Waals surface area contributed by atoms with Gasteiger partial charge in [0.2, 0.25) is 0 Å². The second kappa shape index (κ2) is 12.1. The van der Waals surface area contributed by atoms with Gasteiger partial charge in [0.05, 0.1) is 24.2 Å². The predicted molar refractivity (Wildman–Crippen MR) is 161 cm³/mol. The summed E-state index contributed by atoms with van der Waals surface area (Å²) in [7, 11) is 1.50. The Morgan fingerprint density at radius 1 is 1.02 bits per heavy atom. The van der Waals surface area contributed by atoms with E-state index >= 15 is 0 Å². The van der Waals surface area contributed by atoms with Crippen LogP contribution >= 0.6 is 27.5 Å². The lowest BCUT2D eigenvalue weighted by molar-refractivity contribution is -0.118. The maximum Gasteiger partial charge on any atom is 0.282 e. The van der Waals surface area contributed by atoms with Crippen LogP contribution < -0.4 is 20.3 Å². The number of methoxy groups -OCH3 is 1. The molecule has 0 aliphatic heterocycles. The number of aromatic nitrogens is 2. The highest BCUT2D eigenvalue weighted by molar-refractivity contribution is 9.10. The fourth-order valence-corrected chi connectivity index (χ4v) is 4.47. The van der Waals surface area contributed by atoms with Crippen molar-refractivity contribution in [2.75, 3.05) is 19.0 Å². The van der Waals surface area contributed by atoms with Crippen molar-refractivity contribution in [2.24, 2.45) is 5.10 Å². The summed E-state index contributed by atoms with van der Waals surface area (Å²) in [6.45, 7) is -0.239. The average Bonchev–Trinajstić information content (AvgIpc) is 2.98. The Balaban J connectivity index is 1.42. The number of benzene rings is 4. The van der Waals surface area contributed by atoms with Gasteiger partial charge in [0.1, 0.15) is 0 Å². The Morgan fingerprint density at radius 3 is 2.50 bits per heavy atom. The zero-order valence-corrected chi connectivity index (χ0v) is 23.5. The maximum absolute atomic E-state index is 13.4. The van der Waals surface area contributed by atoms with E-state index in [1.165, 1.54) is 18.0 Å². The molecule has 1 heterocycles. The third-order valence-corrected chi connectivity index (χ3v) is 6.81. The van der Waals surface area contributed by atoms with E-state index in [2.05, 4.69) is 26.3 Å². The number of anilines is 1. The van der Waals surface area contributed by atoms with Gasteiger partial charge in [-0.3, -0.25) is 9.59 Å². The van der Waals surface area contributed by atoms with Crippen molar-refractivity contribution in [3.05, 3.63) is 116 Å². The van der Waals surface area contributed by atoms with Crippen LogP contribution in [0.2, 0.25) is 5.02 Å². The van der Waals surface area contributed by atoms with Gasteiger partial charge >= 0.3 is 0 Å². The number of hydrogen-bond donors (Lipinski definition) is 1. The molecule has 0 bridgehead atoms. The van der Waals surface area contributed by atoms with E-state index in [1.807, 2.05) is 36.4 Å². The van der Waals surface area contributed by atoms with Crippen LogP contribution in [0.5, 0.6) is 11.5 Å². The van der Waals surface area contributed by atoms with Gasteiger partial charge < -0.3 is 14.8 Å². The predicted octanol–water partition coefficient (Wildman–Crippen LogP) is 6.39. The van der Waals surface area contributed by atoms with Crippen molar-refractivity contribution in [1.82, 2.24) is 9.66 Å². The Labute approximate surface area is 243 Å². The van der Waals surface area contributed by atoms with Gasteiger partial charge in [0, 0.05) is 26.3 Å². The van der Waals surface area contributed by atoms with Crippen molar-refractivity contribution in [3.63, 3.8) is 0 Å². The molecule has 8 nitrogen and oxygen atoms in total. The quantitative estimate of drug-likeness (QED) is 0.204. The molecule has 0 fully saturated rings. The maximum atomic E-state index is 13.4. The fraction of sp³-hybridized carbons (Fsp3) is 0.0667. The van der Waals surface area contributed by atoms with Crippen LogP contribution in [0.1, 0.15) is 5.56 Å². The van der Waals surface area contributed by atoms with E-state index in [9.17, 15) is 9.59 Å². The lowest BCUT2D eigenvalue weighted by Gasteiger charge is -2.13. The third kappa shape index (κ3) is 6.06. The first-order valence-electron chi connectivity index (χ1n) is 12.1. The summed E-state index contributed by atoms with van der Waals surface area (Å²) in [4.78, 5) is 30.5. The van der Waals surface area contributed by atoms with Crippen LogP contribution in [0.4, 0.5) is 5.69 Å². The minimum Gasteiger partial charge on any atom is -0.493 e. The molecule has 0 atom stereocenters. The number of carbonyl (C=O) groups is 1. The van der Waals surface area contributed by atoms with E-state index < -0.39 is 0 Å². The topological polar surface area (TPSA) is 94.8 Å². The van der Waals surface area contributed by atoms with Crippen LogP contribution in [-0.4, -0.2) is 35.5 Å². The zero-order chi connectivity index (χ0) is 28.1.